The van der Waals surface area contributed by atoms with Crippen LogP contribution in [0.3, 0.4) is 0 Å². The van der Waals surface area contributed by atoms with Gasteiger partial charge in [-0.05, 0) is 46.7 Å². The van der Waals surface area contributed by atoms with Crippen LogP contribution in [0.2, 0.25) is 0 Å². The summed E-state index contributed by atoms with van der Waals surface area (Å²) in [6, 6.07) is 13.5. The zero-order valence-electron chi connectivity index (χ0n) is 13.9. The maximum Gasteiger partial charge on any atom is 0.365 e. The quantitative estimate of drug-likeness (QED) is 0.588. The molecule has 4 rings (SSSR count). The molecule has 0 saturated heterocycles. The monoisotopic (exact) mass is 365 g/mol. The number of benzene rings is 2. The first-order valence-corrected chi connectivity index (χ1v) is 8.81. The van der Waals surface area contributed by atoms with Gasteiger partial charge in [-0.3, -0.25) is 4.98 Å². The third-order valence-electron chi connectivity index (χ3n) is 4.02. The van der Waals surface area contributed by atoms with Gasteiger partial charge in [-0.25, -0.2) is 9.89 Å². The fraction of sp³-hybridized carbons (Fsp3) is 0.111. The van der Waals surface area contributed by atoms with Gasteiger partial charge in [0.05, 0.1) is 16.1 Å². The van der Waals surface area contributed by atoms with E-state index in [4.69, 9.17) is 4.74 Å². The summed E-state index contributed by atoms with van der Waals surface area (Å²) in [4.78, 5) is 17.1. The molecule has 0 amide bonds. The van der Waals surface area contributed by atoms with Crippen LogP contribution in [-0.2, 0) is 6.61 Å². The van der Waals surface area contributed by atoms with Crippen LogP contribution in [0.25, 0.3) is 16.1 Å². The van der Waals surface area contributed by atoms with Gasteiger partial charge in [0, 0.05) is 11.8 Å². The molecule has 4 aromatic rings. The molecule has 1 N–H and O–H groups in total. The summed E-state index contributed by atoms with van der Waals surface area (Å²) >= 11 is 1.58. The third-order valence-corrected chi connectivity index (χ3v) is 4.84. The number of nitrogens with one attached hydrogen (secondary N) is 1. The molecule has 130 valence electrons. The van der Waals surface area contributed by atoms with Crippen molar-refractivity contribution in [2.75, 3.05) is 0 Å². The van der Waals surface area contributed by atoms with E-state index in [0.717, 1.165) is 27.3 Å². The molecule has 0 atom stereocenters. The number of aryl methyl sites for hydroxylation is 1. The molecule has 7 nitrogen and oxygen atoms in total. The lowest BCUT2D eigenvalue weighted by molar-refractivity contribution is 0.305. The number of aromatic amines is 1. The zero-order valence-corrected chi connectivity index (χ0v) is 14.7. The number of rotatable bonds is 5. The molecule has 2 heterocycles. The summed E-state index contributed by atoms with van der Waals surface area (Å²) in [5.74, 6) is 0.748. The van der Waals surface area contributed by atoms with Crippen molar-refractivity contribution in [3.8, 4) is 21.9 Å². The van der Waals surface area contributed by atoms with E-state index in [1.54, 1.807) is 16.8 Å². The fourth-order valence-electron chi connectivity index (χ4n) is 2.68. The van der Waals surface area contributed by atoms with Crippen molar-refractivity contribution in [2.45, 2.75) is 13.5 Å². The van der Waals surface area contributed by atoms with Gasteiger partial charge in [-0.2, -0.15) is 4.68 Å². The average Bonchev–Trinajstić information content (AvgIpc) is 3.32. The van der Waals surface area contributed by atoms with E-state index >= 15 is 0 Å². The predicted molar refractivity (Wildman–Crippen MR) is 98.6 cm³/mol. The lowest BCUT2D eigenvalue weighted by Crippen LogP contribution is -2.18. The van der Waals surface area contributed by atoms with Crippen molar-refractivity contribution in [3.63, 3.8) is 0 Å². The van der Waals surface area contributed by atoms with Crippen molar-refractivity contribution >= 4 is 11.3 Å². The highest BCUT2D eigenvalue weighted by atomic mass is 32.1. The van der Waals surface area contributed by atoms with Gasteiger partial charge >= 0.3 is 5.69 Å². The molecule has 0 unspecified atom stereocenters. The number of nitrogens with zero attached hydrogens (tertiary/aromatic N) is 4. The smallest absolute Gasteiger partial charge is 0.365 e. The van der Waals surface area contributed by atoms with Crippen molar-refractivity contribution in [1.82, 2.24) is 25.2 Å². The van der Waals surface area contributed by atoms with Crippen LogP contribution < -0.4 is 10.4 Å². The summed E-state index contributed by atoms with van der Waals surface area (Å²) in [5, 5.41) is 9.70. The van der Waals surface area contributed by atoms with Crippen LogP contribution in [0.4, 0.5) is 0 Å². The van der Waals surface area contributed by atoms with Crippen molar-refractivity contribution in [3.05, 3.63) is 75.8 Å². The van der Waals surface area contributed by atoms with E-state index < -0.39 is 0 Å². The summed E-state index contributed by atoms with van der Waals surface area (Å²) < 4.78 is 7.24. The van der Waals surface area contributed by atoms with E-state index in [-0.39, 0.29) is 5.69 Å². The molecule has 0 aliphatic carbocycles. The molecule has 0 aliphatic rings. The number of hydrogen-bond acceptors (Lipinski definition) is 6. The molecule has 2 aromatic heterocycles. The maximum atomic E-state index is 11.9. The van der Waals surface area contributed by atoms with Crippen LogP contribution in [0, 0.1) is 6.92 Å². The van der Waals surface area contributed by atoms with E-state index in [0.29, 0.717) is 12.3 Å². The molecule has 0 bridgehead atoms. The second kappa shape index (κ2) is 6.93. The topological polar surface area (TPSA) is 85.7 Å². The maximum absolute atomic E-state index is 11.9. The molecule has 8 heteroatoms. The van der Waals surface area contributed by atoms with Crippen molar-refractivity contribution in [2.24, 2.45) is 0 Å². The molecular weight excluding hydrogens is 350 g/mol. The number of thiazole rings is 1. The zero-order chi connectivity index (χ0) is 17.9. The predicted octanol–water partition coefficient (Wildman–Crippen LogP) is 2.97. The van der Waals surface area contributed by atoms with E-state index in [9.17, 15) is 4.79 Å². The first-order chi connectivity index (χ1) is 12.7. The van der Waals surface area contributed by atoms with Crippen LogP contribution in [-0.4, -0.2) is 25.2 Å². The van der Waals surface area contributed by atoms with E-state index in [1.807, 2.05) is 55.6 Å². The Hall–Kier alpha value is -3.26. The summed E-state index contributed by atoms with van der Waals surface area (Å²) in [7, 11) is 0. The van der Waals surface area contributed by atoms with Gasteiger partial charge in [0.25, 0.3) is 0 Å². The summed E-state index contributed by atoms with van der Waals surface area (Å²) in [5.41, 5.74) is 5.02. The second-order valence-corrected chi connectivity index (χ2v) is 6.56. The number of H-pyrrole nitrogens is 1. The van der Waals surface area contributed by atoms with Crippen LogP contribution in [0.1, 0.15) is 11.1 Å². The molecule has 0 saturated carbocycles. The highest BCUT2D eigenvalue weighted by Crippen LogP contribution is 2.27. The third kappa shape index (κ3) is 3.14. The fourth-order valence-corrected chi connectivity index (χ4v) is 3.30. The van der Waals surface area contributed by atoms with Crippen molar-refractivity contribution < 1.29 is 4.74 Å². The Morgan fingerprint density at radius 2 is 2.12 bits per heavy atom. The summed E-state index contributed by atoms with van der Waals surface area (Å²) in [6.45, 7) is 2.29. The van der Waals surface area contributed by atoms with Gasteiger partial charge in [0.2, 0.25) is 0 Å². The van der Waals surface area contributed by atoms with E-state index in [1.165, 1.54) is 4.68 Å². The molecule has 0 radical (unpaired) electrons. The average molecular weight is 365 g/mol. The Kier molecular flexibility index (Phi) is 4.32. The minimum Gasteiger partial charge on any atom is -0.489 e. The van der Waals surface area contributed by atoms with Gasteiger partial charge in [-0.15, -0.1) is 11.3 Å². The lowest BCUT2D eigenvalue weighted by atomic mass is 10.1. The Bertz CT molecular complexity index is 1080. The van der Waals surface area contributed by atoms with Crippen LogP contribution >= 0.6 is 11.3 Å². The summed E-state index contributed by atoms with van der Waals surface area (Å²) in [6.07, 6.45) is 1.83. The Labute approximate surface area is 152 Å². The lowest BCUT2D eigenvalue weighted by Gasteiger charge is -2.13. The van der Waals surface area contributed by atoms with Gasteiger partial charge in [-0.1, -0.05) is 24.3 Å². The molecule has 2 aromatic carbocycles. The standard InChI is InChI=1S/C18H15N5O2S/c1-12-4-2-7-16(23-18(24)20-21-22-23)15(12)10-25-14-6-3-5-13(8-14)17-9-19-11-26-17/h2-9,11H,10H2,1H3,(H,20,22,24). The minimum atomic E-state index is -0.385. The molecular formula is C18H15N5O2S. The molecule has 0 fully saturated rings. The van der Waals surface area contributed by atoms with E-state index in [2.05, 4.69) is 20.5 Å². The van der Waals surface area contributed by atoms with Crippen LogP contribution in [0.5, 0.6) is 5.75 Å². The first kappa shape index (κ1) is 16.2. The van der Waals surface area contributed by atoms with Gasteiger partial charge < -0.3 is 4.74 Å². The normalized spacial score (nSPS) is 10.8. The minimum absolute atomic E-state index is 0.313. The highest BCUT2D eigenvalue weighted by molar-refractivity contribution is 7.13. The molecule has 26 heavy (non-hydrogen) atoms. The molecule has 0 spiro atoms. The van der Waals surface area contributed by atoms with Crippen LogP contribution in [0.15, 0.2) is 59.0 Å². The number of hydrogen-bond donors (Lipinski definition) is 1. The van der Waals surface area contributed by atoms with Gasteiger partial charge in [0.15, 0.2) is 0 Å². The second-order valence-electron chi connectivity index (χ2n) is 5.67. The Morgan fingerprint density at radius 3 is 2.88 bits per heavy atom. The number of aromatic nitrogens is 5. The Morgan fingerprint density at radius 1 is 1.23 bits per heavy atom. The first-order valence-electron chi connectivity index (χ1n) is 7.93. The Balaban J connectivity index is 1.62. The van der Waals surface area contributed by atoms with Crippen molar-refractivity contribution in [1.29, 1.82) is 0 Å². The molecule has 0 aliphatic heterocycles. The number of tetrazole rings is 1. The largest absolute Gasteiger partial charge is 0.489 e. The highest BCUT2D eigenvalue weighted by Gasteiger charge is 2.12. The number of ether oxygens (including phenoxy) is 1. The van der Waals surface area contributed by atoms with Gasteiger partial charge in [0.1, 0.15) is 12.4 Å². The SMILES string of the molecule is Cc1cccc(-n2nn[nH]c2=O)c1COc1cccc(-c2cncs2)c1.